The third-order valence-electron chi connectivity index (χ3n) is 6.53. The zero-order valence-corrected chi connectivity index (χ0v) is 20.1. The first-order valence-corrected chi connectivity index (χ1v) is 12.7. The molecule has 0 radical (unpaired) electrons. The highest BCUT2D eigenvalue weighted by Gasteiger charge is 2.38. The average Bonchev–Trinajstić information content (AvgIpc) is 3.45. The van der Waals surface area contributed by atoms with Gasteiger partial charge in [0.05, 0.1) is 13.0 Å². The smallest absolute Gasteiger partial charge is 0.425 e. The van der Waals surface area contributed by atoms with Crippen molar-refractivity contribution in [3.05, 3.63) is 45.1 Å². The van der Waals surface area contributed by atoms with Crippen LogP contribution in [0.1, 0.15) is 65.3 Å². The van der Waals surface area contributed by atoms with Gasteiger partial charge in [-0.15, -0.1) is 11.3 Å². The summed E-state index contributed by atoms with van der Waals surface area (Å²) in [6, 6.07) is 7.02. The zero-order chi connectivity index (χ0) is 25.0. The summed E-state index contributed by atoms with van der Waals surface area (Å²) < 4.78 is 46.9. The lowest BCUT2D eigenvalue weighted by atomic mass is 9.84. The Morgan fingerprint density at radius 3 is 2.66 bits per heavy atom. The number of nitrogens with one attached hydrogen (secondary N) is 1. The summed E-state index contributed by atoms with van der Waals surface area (Å²) in [5.41, 5.74) is 2.13. The number of nitrogens with zero attached hydrogens (tertiary/aromatic N) is 1. The largest absolute Gasteiger partial charge is 0.488 e. The van der Waals surface area contributed by atoms with Gasteiger partial charge in [-0.25, -0.2) is 0 Å². The van der Waals surface area contributed by atoms with E-state index in [0.717, 1.165) is 54.7 Å². The molecule has 190 valence electrons. The van der Waals surface area contributed by atoms with Crippen molar-refractivity contribution in [3.63, 3.8) is 0 Å². The van der Waals surface area contributed by atoms with Gasteiger partial charge in [0, 0.05) is 23.7 Å². The number of aliphatic carboxylic acids is 1. The van der Waals surface area contributed by atoms with Gasteiger partial charge in [0.15, 0.2) is 0 Å². The first kappa shape index (κ1) is 25.5. The van der Waals surface area contributed by atoms with E-state index in [1.807, 2.05) is 6.07 Å². The lowest BCUT2D eigenvalue weighted by molar-refractivity contribution is -0.137. The number of hydrogen-bond donors (Lipinski definition) is 2. The molecule has 0 saturated heterocycles. The molecule has 0 bridgehead atoms. The second-order valence-corrected chi connectivity index (χ2v) is 10.2. The summed E-state index contributed by atoms with van der Waals surface area (Å²) in [4.78, 5) is 24.8. The lowest BCUT2D eigenvalue weighted by Gasteiger charge is -2.22. The van der Waals surface area contributed by atoms with Crippen LogP contribution in [-0.4, -0.2) is 36.6 Å². The maximum Gasteiger partial charge on any atom is 0.425 e. The summed E-state index contributed by atoms with van der Waals surface area (Å²) in [6.45, 7) is 0.849. The fourth-order valence-corrected chi connectivity index (χ4v) is 5.86. The van der Waals surface area contributed by atoms with Crippen molar-refractivity contribution in [2.75, 3.05) is 24.5 Å². The van der Waals surface area contributed by atoms with Crippen LogP contribution >= 0.6 is 11.3 Å². The van der Waals surface area contributed by atoms with Crippen molar-refractivity contribution in [1.29, 1.82) is 0 Å². The average molecular weight is 511 g/mol. The van der Waals surface area contributed by atoms with Crippen LogP contribution in [-0.2, 0) is 28.8 Å². The molecule has 1 amide bonds. The molecule has 10 heteroatoms. The predicted molar refractivity (Wildman–Crippen MR) is 127 cm³/mol. The topological polar surface area (TPSA) is 78.9 Å². The highest BCUT2D eigenvalue weighted by molar-refractivity contribution is 7.12. The number of hydrogen-bond acceptors (Lipinski definition) is 5. The van der Waals surface area contributed by atoms with Crippen LogP contribution in [0.2, 0.25) is 0 Å². The molecule has 0 spiro atoms. The number of carbonyl (C=O) groups excluding carboxylic acids is 1. The Hall–Kier alpha value is -2.59. The molecule has 1 fully saturated rings. The summed E-state index contributed by atoms with van der Waals surface area (Å²) in [6.07, 6.45) is 0.859. The number of ether oxygens (including phenoxy) is 1. The number of anilines is 1. The molecule has 1 aliphatic carbocycles. The number of carbonyl (C=O) groups is 2. The minimum absolute atomic E-state index is 0.0347. The van der Waals surface area contributed by atoms with Crippen molar-refractivity contribution in [2.45, 2.75) is 63.6 Å². The van der Waals surface area contributed by atoms with Crippen molar-refractivity contribution in [2.24, 2.45) is 0 Å². The summed E-state index contributed by atoms with van der Waals surface area (Å²) in [5.74, 6) is -0.547. The van der Waals surface area contributed by atoms with Crippen molar-refractivity contribution < 1.29 is 32.6 Å². The molecule has 1 aromatic carbocycles. The van der Waals surface area contributed by atoms with E-state index in [4.69, 9.17) is 9.84 Å². The van der Waals surface area contributed by atoms with Gasteiger partial charge >= 0.3 is 12.1 Å². The van der Waals surface area contributed by atoms with Gasteiger partial charge in [-0.1, -0.05) is 19.3 Å². The maximum atomic E-state index is 13.7. The Bertz CT molecular complexity index is 1060. The van der Waals surface area contributed by atoms with Gasteiger partial charge in [-0.3, -0.25) is 9.59 Å². The molecule has 1 aromatic heterocycles. The SMILES string of the molecule is O=C(O)CCNCC(=O)N1CCc2cc(OCc3cc(C4CCCCC4)c(C(F)(F)F)s3)ccc21. The number of rotatable bonds is 9. The van der Waals surface area contributed by atoms with E-state index < -0.39 is 17.0 Å². The molecule has 1 aliphatic heterocycles. The van der Waals surface area contributed by atoms with Crippen LogP contribution in [0.4, 0.5) is 18.9 Å². The quantitative estimate of drug-likeness (QED) is 0.445. The molecule has 0 unspecified atom stereocenters. The summed E-state index contributed by atoms with van der Waals surface area (Å²) in [7, 11) is 0. The van der Waals surface area contributed by atoms with Crippen LogP contribution in [0.3, 0.4) is 0 Å². The monoisotopic (exact) mass is 510 g/mol. The molecular formula is C25H29F3N2O4S. The Morgan fingerprint density at radius 2 is 1.94 bits per heavy atom. The van der Waals surface area contributed by atoms with E-state index in [9.17, 15) is 22.8 Å². The minimum atomic E-state index is -4.36. The minimum Gasteiger partial charge on any atom is -0.488 e. The molecule has 4 rings (SSSR count). The van der Waals surface area contributed by atoms with Gasteiger partial charge in [0.1, 0.15) is 17.2 Å². The molecule has 2 N–H and O–H groups in total. The standard InChI is InChI=1S/C25H29F3N2O4S/c26-25(27,28)24-20(16-4-2-1-3-5-16)13-19(35-24)15-34-18-6-7-21-17(12-18)9-11-30(21)22(31)14-29-10-8-23(32)33/h6-7,12-13,16,29H,1-5,8-11,14-15H2,(H,32,33). The van der Waals surface area contributed by atoms with E-state index in [1.54, 1.807) is 23.1 Å². The molecule has 35 heavy (non-hydrogen) atoms. The van der Waals surface area contributed by atoms with Crippen LogP contribution < -0.4 is 15.0 Å². The number of fused-ring (bicyclic) bond motifs is 1. The Balaban J connectivity index is 1.38. The second-order valence-electron chi connectivity index (χ2n) is 9.02. The Labute approximate surface area is 206 Å². The van der Waals surface area contributed by atoms with Gasteiger partial charge in [0.2, 0.25) is 5.91 Å². The summed E-state index contributed by atoms with van der Waals surface area (Å²) in [5, 5.41) is 11.5. The Kier molecular flexibility index (Phi) is 8.01. The molecule has 2 aromatic rings. The molecule has 6 nitrogen and oxygen atoms in total. The molecule has 1 saturated carbocycles. The van der Waals surface area contributed by atoms with Crippen LogP contribution in [0, 0.1) is 0 Å². The molecular weight excluding hydrogens is 481 g/mol. The van der Waals surface area contributed by atoms with E-state index in [1.165, 1.54) is 0 Å². The fourth-order valence-electron chi connectivity index (χ4n) is 4.84. The molecule has 2 aliphatic rings. The van der Waals surface area contributed by atoms with E-state index >= 15 is 0 Å². The predicted octanol–water partition coefficient (Wildman–Crippen LogP) is 5.35. The van der Waals surface area contributed by atoms with Crippen molar-refractivity contribution in [3.8, 4) is 5.75 Å². The first-order valence-electron chi connectivity index (χ1n) is 11.9. The van der Waals surface area contributed by atoms with Crippen molar-refractivity contribution >= 4 is 28.9 Å². The number of benzene rings is 1. The van der Waals surface area contributed by atoms with Gasteiger partial charge in [-0.2, -0.15) is 13.2 Å². The first-order chi connectivity index (χ1) is 16.7. The highest BCUT2D eigenvalue weighted by atomic mass is 32.1. The molecule has 0 atom stereocenters. The highest BCUT2D eigenvalue weighted by Crippen LogP contribution is 2.45. The van der Waals surface area contributed by atoms with Crippen LogP contribution in [0.15, 0.2) is 24.3 Å². The number of alkyl halides is 3. The van der Waals surface area contributed by atoms with Gasteiger partial charge in [-0.05, 0) is 60.6 Å². The third kappa shape index (κ3) is 6.35. The van der Waals surface area contributed by atoms with E-state index in [-0.39, 0.29) is 37.9 Å². The van der Waals surface area contributed by atoms with Gasteiger partial charge in [0.25, 0.3) is 0 Å². The van der Waals surface area contributed by atoms with Crippen molar-refractivity contribution in [1.82, 2.24) is 5.32 Å². The number of thiophene rings is 1. The van der Waals surface area contributed by atoms with Crippen LogP contribution in [0.25, 0.3) is 0 Å². The maximum absolute atomic E-state index is 13.7. The van der Waals surface area contributed by atoms with E-state index in [2.05, 4.69) is 5.32 Å². The number of halogens is 3. The number of carboxylic acid groups (broad SMARTS) is 1. The number of carboxylic acids is 1. The van der Waals surface area contributed by atoms with E-state index in [0.29, 0.717) is 29.2 Å². The second kappa shape index (κ2) is 11.0. The zero-order valence-electron chi connectivity index (χ0n) is 19.3. The Morgan fingerprint density at radius 1 is 1.17 bits per heavy atom. The molecule has 2 heterocycles. The summed E-state index contributed by atoms with van der Waals surface area (Å²) >= 11 is 0.774. The third-order valence-corrected chi connectivity index (χ3v) is 7.70. The van der Waals surface area contributed by atoms with Crippen LogP contribution in [0.5, 0.6) is 5.75 Å². The van der Waals surface area contributed by atoms with Gasteiger partial charge < -0.3 is 20.1 Å². The normalized spacial score (nSPS) is 16.4. The lowest BCUT2D eigenvalue weighted by Crippen LogP contribution is -2.37. The number of amides is 1. The fraction of sp³-hybridized carbons (Fsp3) is 0.520.